The Hall–Kier alpha value is -2.15. The zero-order valence-electron chi connectivity index (χ0n) is 12.3. The van der Waals surface area contributed by atoms with Gasteiger partial charge in [-0.3, -0.25) is 9.89 Å². The molecule has 1 aromatic carbocycles. The number of aromatic hydroxyl groups is 1. The maximum absolute atomic E-state index is 12.3. The third-order valence-corrected chi connectivity index (χ3v) is 4.45. The zero-order valence-corrected chi connectivity index (χ0v) is 13.2. The monoisotopic (exact) mass is 318 g/mol. The van der Waals surface area contributed by atoms with Crippen molar-refractivity contribution in [2.75, 3.05) is 0 Å². The lowest BCUT2D eigenvalue weighted by atomic mass is 9.90. The first kappa shape index (κ1) is 14.8. The molecule has 7 heteroatoms. The summed E-state index contributed by atoms with van der Waals surface area (Å²) in [6, 6.07) is 3.53. The Kier molecular flexibility index (Phi) is 3.98. The van der Waals surface area contributed by atoms with Crippen molar-refractivity contribution in [1.82, 2.24) is 20.1 Å². The molecule has 1 aliphatic carbocycles. The van der Waals surface area contributed by atoms with E-state index >= 15 is 0 Å². The number of nitrogens with one attached hydrogen (secondary N) is 2. The maximum Gasteiger partial charge on any atom is 0.255 e. The van der Waals surface area contributed by atoms with Crippen molar-refractivity contribution in [1.29, 1.82) is 0 Å². The quantitative estimate of drug-likeness (QED) is 0.756. The van der Waals surface area contributed by atoms with Gasteiger partial charge in [0.15, 0.2) is 10.6 Å². The van der Waals surface area contributed by atoms with Crippen LogP contribution in [0.5, 0.6) is 5.75 Å². The minimum Gasteiger partial charge on any atom is -0.507 e. The van der Waals surface area contributed by atoms with Crippen molar-refractivity contribution in [3.63, 3.8) is 0 Å². The SMILES string of the molecule is Cn1c(CNC(=O)c2cc3c(cc2O)CCCC3)n[nH]c1=S. The molecule has 0 aliphatic heterocycles. The second-order valence-electron chi connectivity index (χ2n) is 5.53. The lowest BCUT2D eigenvalue weighted by molar-refractivity contribution is 0.0946. The molecule has 0 saturated heterocycles. The van der Waals surface area contributed by atoms with Crippen LogP contribution < -0.4 is 5.32 Å². The first-order valence-corrected chi connectivity index (χ1v) is 7.70. The molecule has 0 spiro atoms. The summed E-state index contributed by atoms with van der Waals surface area (Å²) >= 11 is 5.03. The number of aromatic nitrogens is 3. The molecular formula is C15H18N4O2S. The number of fused-ring (bicyclic) bond motifs is 1. The number of benzene rings is 1. The second-order valence-corrected chi connectivity index (χ2v) is 5.92. The van der Waals surface area contributed by atoms with Crippen molar-refractivity contribution in [2.24, 2.45) is 7.05 Å². The number of amides is 1. The van der Waals surface area contributed by atoms with Gasteiger partial charge in [-0.2, -0.15) is 5.10 Å². The van der Waals surface area contributed by atoms with E-state index in [1.165, 1.54) is 0 Å². The number of rotatable bonds is 3. The number of nitrogens with zero attached hydrogens (tertiary/aromatic N) is 2. The van der Waals surface area contributed by atoms with E-state index < -0.39 is 0 Å². The van der Waals surface area contributed by atoms with Gasteiger partial charge >= 0.3 is 0 Å². The average Bonchev–Trinajstić information content (AvgIpc) is 2.83. The number of aromatic amines is 1. The van der Waals surface area contributed by atoms with Crippen LogP contribution in [0.3, 0.4) is 0 Å². The van der Waals surface area contributed by atoms with Gasteiger partial charge in [-0.05, 0) is 61.2 Å². The van der Waals surface area contributed by atoms with Crippen LogP contribution in [0.1, 0.15) is 40.2 Å². The van der Waals surface area contributed by atoms with Crippen molar-refractivity contribution in [2.45, 2.75) is 32.2 Å². The highest BCUT2D eigenvalue weighted by atomic mass is 32.1. The highest BCUT2D eigenvalue weighted by molar-refractivity contribution is 7.71. The van der Waals surface area contributed by atoms with E-state index in [4.69, 9.17) is 12.2 Å². The third kappa shape index (κ3) is 2.76. The number of H-pyrrole nitrogens is 1. The van der Waals surface area contributed by atoms with Crippen molar-refractivity contribution in [3.8, 4) is 5.75 Å². The van der Waals surface area contributed by atoms with E-state index in [0.29, 0.717) is 16.2 Å². The molecule has 0 saturated carbocycles. The molecule has 0 fully saturated rings. The maximum atomic E-state index is 12.3. The topological polar surface area (TPSA) is 82.9 Å². The number of phenolic OH excluding ortho intramolecular Hbond substituents is 1. The smallest absolute Gasteiger partial charge is 0.255 e. The third-order valence-electron chi connectivity index (χ3n) is 4.08. The minimum atomic E-state index is -0.306. The molecule has 6 nitrogen and oxygen atoms in total. The molecule has 3 N–H and O–H groups in total. The van der Waals surface area contributed by atoms with Gasteiger partial charge in [0.1, 0.15) is 5.75 Å². The van der Waals surface area contributed by atoms with Crippen LogP contribution in [-0.4, -0.2) is 25.8 Å². The molecule has 0 atom stereocenters. The Morgan fingerprint density at radius 3 is 2.73 bits per heavy atom. The summed E-state index contributed by atoms with van der Waals surface area (Å²) < 4.78 is 2.20. The summed E-state index contributed by atoms with van der Waals surface area (Å²) in [7, 11) is 1.78. The standard InChI is InChI=1S/C15H18N4O2S/c1-19-13(17-18-15(19)22)8-16-14(21)11-6-9-4-2-3-5-10(9)7-12(11)20/h6-7,20H,2-5,8H2,1H3,(H,16,21)(H,18,22). The zero-order chi connectivity index (χ0) is 15.7. The van der Waals surface area contributed by atoms with Crippen LogP contribution >= 0.6 is 12.2 Å². The van der Waals surface area contributed by atoms with E-state index in [1.54, 1.807) is 17.7 Å². The molecule has 22 heavy (non-hydrogen) atoms. The van der Waals surface area contributed by atoms with Crippen LogP contribution in [0.25, 0.3) is 0 Å². The molecule has 1 aliphatic rings. The van der Waals surface area contributed by atoms with Gasteiger partial charge in [0.2, 0.25) is 0 Å². The molecule has 1 amide bonds. The molecule has 3 rings (SSSR count). The van der Waals surface area contributed by atoms with Gasteiger partial charge in [-0.25, -0.2) is 0 Å². The van der Waals surface area contributed by atoms with Crippen LogP contribution in [0.2, 0.25) is 0 Å². The van der Waals surface area contributed by atoms with Crippen LogP contribution in [0.15, 0.2) is 12.1 Å². The summed E-state index contributed by atoms with van der Waals surface area (Å²) in [5.41, 5.74) is 2.62. The highest BCUT2D eigenvalue weighted by Gasteiger charge is 2.17. The molecule has 1 aromatic heterocycles. The Morgan fingerprint density at radius 2 is 2.09 bits per heavy atom. The van der Waals surface area contributed by atoms with E-state index in [0.717, 1.165) is 36.8 Å². The molecule has 1 heterocycles. The molecule has 0 radical (unpaired) electrons. The first-order chi connectivity index (χ1) is 10.6. The Morgan fingerprint density at radius 1 is 1.41 bits per heavy atom. The highest BCUT2D eigenvalue weighted by Crippen LogP contribution is 2.28. The lowest BCUT2D eigenvalue weighted by Crippen LogP contribution is -2.25. The second kappa shape index (κ2) is 5.92. The number of carbonyl (C=O) groups excluding carboxylic acids is 1. The summed E-state index contributed by atoms with van der Waals surface area (Å²) in [5, 5.41) is 19.6. The van der Waals surface area contributed by atoms with E-state index in [-0.39, 0.29) is 18.2 Å². The number of aryl methyl sites for hydroxylation is 2. The van der Waals surface area contributed by atoms with Gasteiger partial charge in [-0.15, -0.1) is 0 Å². The van der Waals surface area contributed by atoms with E-state index in [9.17, 15) is 9.90 Å². The number of carbonyl (C=O) groups is 1. The first-order valence-electron chi connectivity index (χ1n) is 7.29. The molecule has 0 bridgehead atoms. The fourth-order valence-electron chi connectivity index (χ4n) is 2.75. The van der Waals surface area contributed by atoms with E-state index in [1.807, 2.05) is 6.07 Å². The average molecular weight is 318 g/mol. The van der Waals surface area contributed by atoms with Gasteiger partial charge in [0.25, 0.3) is 5.91 Å². The molecule has 0 unspecified atom stereocenters. The largest absolute Gasteiger partial charge is 0.507 e. The van der Waals surface area contributed by atoms with Crippen LogP contribution in [0.4, 0.5) is 0 Å². The van der Waals surface area contributed by atoms with E-state index in [2.05, 4.69) is 15.5 Å². The van der Waals surface area contributed by atoms with Gasteiger partial charge in [0.05, 0.1) is 12.1 Å². The Bertz CT molecular complexity index is 778. The van der Waals surface area contributed by atoms with Crippen molar-refractivity contribution >= 4 is 18.1 Å². The molecule has 116 valence electrons. The summed E-state index contributed by atoms with van der Waals surface area (Å²) in [6.45, 7) is 0.249. The summed E-state index contributed by atoms with van der Waals surface area (Å²) in [6.07, 6.45) is 4.19. The van der Waals surface area contributed by atoms with Gasteiger partial charge < -0.3 is 15.0 Å². The Labute approximate surface area is 133 Å². The number of hydrogen-bond donors (Lipinski definition) is 3. The normalized spacial score (nSPS) is 13.7. The Balaban J connectivity index is 1.77. The predicted octanol–water partition coefficient (Wildman–Crippen LogP) is 1.99. The fourth-order valence-corrected chi connectivity index (χ4v) is 2.90. The molecular weight excluding hydrogens is 300 g/mol. The van der Waals surface area contributed by atoms with Crippen molar-refractivity contribution < 1.29 is 9.90 Å². The minimum absolute atomic E-state index is 0.0357. The van der Waals surface area contributed by atoms with Gasteiger partial charge in [-0.1, -0.05) is 0 Å². The summed E-state index contributed by atoms with van der Waals surface area (Å²) in [4.78, 5) is 12.3. The number of phenols is 1. The lowest BCUT2D eigenvalue weighted by Gasteiger charge is -2.17. The van der Waals surface area contributed by atoms with Crippen molar-refractivity contribution in [3.05, 3.63) is 39.4 Å². The number of hydrogen-bond acceptors (Lipinski definition) is 4. The van der Waals surface area contributed by atoms with Crippen LogP contribution in [-0.2, 0) is 26.4 Å². The van der Waals surface area contributed by atoms with Crippen LogP contribution in [0, 0.1) is 4.77 Å². The predicted molar refractivity (Wildman–Crippen MR) is 84.3 cm³/mol. The van der Waals surface area contributed by atoms with Gasteiger partial charge in [0, 0.05) is 7.05 Å². The fraction of sp³-hybridized carbons (Fsp3) is 0.400. The molecule has 2 aromatic rings. The summed E-state index contributed by atoms with van der Waals surface area (Å²) in [5.74, 6) is 0.365.